The van der Waals surface area contributed by atoms with Crippen LogP contribution in [0.25, 0.3) is 0 Å². The fraction of sp³-hybridized carbons (Fsp3) is 0.412. The lowest BCUT2D eigenvalue weighted by atomic mass is 9.74. The van der Waals surface area contributed by atoms with E-state index in [2.05, 4.69) is 23.4 Å². The Balaban J connectivity index is 0.000000465. The summed E-state index contributed by atoms with van der Waals surface area (Å²) >= 11 is 11.7. The van der Waals surface area contributed by atoms with Crippen molar-refractivity contribution in [3.05, 3.63) is 107 Å². The summed E-state index contributed by atoms with van der Waals surface area (Å²) in [5, 5.41) is 1.48. The Morgan fingerprint density at radius 1 is 1.02 bits per heavy atom. The Hall–Kier alpha value is -2.67. The van der Waals surface area contributed by atoms with Crippen molar-refractivity contribution in [3.63, 3.8) is 0 Å². The summed E-state index contributed by atoms with van der Waals surface area (Å²) in [7, 11) is -1.26. The molecule has 8 heteroatoms. The highest BCUT2D eigenvalue weighted by molar-refractivity contribution is 7.85. The molecule has 2 aliphatic rings. The molecule has 2 fully saturated rings. The summed E-state index contributed by atoms with van der Waals surface area (Å²) in [6.45, 7) is 10.5. The summed E-state index contributed by atoms with van der Waals surface area (Å²) in [4.78, 5) is 20.6. The van der Waals surface area contributed by atoms with Gasteiger partial charge in [0.15, 0.2) is 0 Å². The molecule has 3 aromatic rings. The first-order chi connectivity index (χ1) is 20.2. The third kappa shape index (κ3) is 8.92. The highest BCUT2D eigenvalue weighted by Crippen LogP contribution is 2.48. The van der Waals surface area contributed by atoms with Gasteiger partial charge in [0.1, 0.15) is 16.8 Å². The second kappa shape index (κ2) is 16.3. The van der Waals surface area contributed by atoms with Crippen LogP contribution < -0.4 is 4.31 Å². The van der Waals surface area contributed by atoms with Crippen LogP contribution in [0.3, 0.4) is 0 Å². The lowest BCUT2D eigenvalue weighted by Crippen LogP contribution is -2.56. The fourth-order valence-corrected chi connectivity index (χ4v) is 6.42. The number of rotatable bonds is 9. The average Bonchev–Trinajstić information content (AvgIpc) is 3.84. The minimum Gasteiger partial charge on any atom is -0.330 e. The maximum absolute atomic E-state index is 14.1. The van der Waals surface area contributed by atoms with Gasteiger partial charge in [-0.15, -0.1) is 6.58 Å². The molecule has 1 saturated carbocycles. The number of benzene rings is 2. The first kappa shape index (κ1) is 33.8. The number of piperidine rings is 1. The number of nitrogens with zero attached hydrogens (tertiary/aromatic N) is 3. The first-order valence-corrected chi connectivity index (χ1v) is 16.9. The molecular weight excluding hydrogens is 585 g/mol. The number of carbonyl (C=O) groups is 1. The van der Waals surface area contributed by atoms with E-state index in [-0.39, 0.29) is 18.0 Å². The summed E-state index contributed by atoms with van der Waals surface area (Å²) in [6, 6.07) is 22.8. The quantitative estimate of drug-likeness (QED) is 0.222. The van der Waals surface area contributed by atoms with Crippen LogP contribution in [0.1, 0.15) is 64.5 Å². The molecule has 1 amide bonds. The second-order valence-corrected chi connectivity index (χ2v) is 12.9. The zero-order valence-electron chi connectivity index (χ0n) is 25.1. The molecule has 2 unspecified atom stereocenters. The van der Waals surface area contributed by atoms with Crippen molar-refractivity contribution >= 4 is 45.9 Å². The molecule has 1 aromatic heterocycles. The molecule has 42 heavy (non-hydrogen) atoms. The Labute approximate surface area is 264 Å². The van der Waals surface area contributed by atoms with Crippen molar-refractivity contribution in [3.8, 4) is 0 Å². The molecule has 2 heterocycles. The number of carbonyl (C=O) groups excluding carboxylic acids is 1. The number of halogens is 2. The zero-order valence-corrected chi connectivity index (χ0v) is 27.4. The third-order valence-electron chi connectivity index (χ3n) is 7.73. The van der Waals surface area contributed by atoms with Gasteiger partial charge in [0.05, 0.1) is 24.0 Å². The van der Waals surface area contributed by atoms with Crippen LogP contribution in [0.15, 0.2) is 91.6 Å². The van der Waals surface area contributed by atoms with Gasteiger partial charge in [-0.2, -0.15) is 0 Å². The largest absolute Gasteiger partial charge is 0.330 e. The van der Waals surface area contributed by atoms with Gasteiger partial charge in [0.2, 0.25) is 5.91 Å². The summed E-state index contributed by atoms with van der Waals surface area (Å²) < 4.78 is 14.6. The minimum atomic E-state index is -1.26. The Bertz CT molecular complexity index is 1290. The highest BCUT2D eigenvalue weighted by atomic mass is 35.5. The molecule has 0 radical (unpaired) electrons. The van der Waals surface area contributed by atoms with E-state index in [0.717, 1.165) is 36.3 Å². The zero-order chi connectivity index (χ0) is 30.7. The number of anilines is 1. The number of pyridine rings is 1. The van der Waals surface area contributed by atoms with E-state index in [0.29, 0.717) is 29.7 Å². The van der Waals surface area contributed by atoms with Gasteiger partial charge >= 0.3 is 0 Å². The molecule has 5 nitrogen and oxygen atoms in total. The van der Waals surface area contributed by atoms with Crippen LogP contribution in [0.2, 0.25) is 10.0 Å². The standard InChI is InChI=1S/C26H32ClN3O2S.C6H5Cl.C2H6/c1-4-15-26(2)16-14-22(19-10-12-21(27)13-11-19)30(25(26)31)23(20-8-9-20)18-29(33(3)32)24-7-5-6-17-28-24;7-6-4-2-1-3-5-6;1-2/h4-7,10-13,17,20,22-23H,1,8-9,14-16,18H2,2-3H3;1-5H;1-2H3/t22-,23?,26-,33?;;/m0../s1. The maximum Gasteiger partial charge on any atom is 0.229 e. The highest BCUT2D eigenvalue weighted by Gasteiger charge is 2.50. The Morgan fingerprint density at radius 3 is 2.14 bits per heavy atom. The molecule has 5 rings (SSSR count). The lowest BCUT2D eigenvalue weighted by molar-refractivity contribution is -0.153. The first-order valence-electron chi connectivity index (χ1n) is 14.7. The minimum absolute atomic E-state index is 0.0332. The van der Waals surface area contributed by atoms with E-state index in [9.17, 15) is 9.00 Å². The van der Waals surface area contributed by atoms with Gasteiger partial charge in [-0.3, -0.25) is 9.10 Å². The SMILES string of the molecule is C=CC[C@@]1(C)CC[C@@H](c2ccc(Cl)cc2)N(C(CN(c2ccccn2)S(C)=O)C2CC2)C1=O.CC.Clc1ccccc1. The van der Waals surface area contributed by atoms with E-state index < -0.39 is 16.4 Å². The van der Waals surface area contributed by atoms with Crippen molar-refractivity contribution < 1.29 is 9.00 Å². The lowest BCUT2D eigenvalue weighted by Gasteiger charge is -2.49. The van der Waals surface area contributed by atoms with E-state index in [1.807, 2.05) is 97.0 Å². The van der Waals surface area contributed by atoms with Crippen LogP contribution in [-0.4, -0.2) is 38.8 Å². The van der Waals surface area contributed by atoms with Crippen molar-refractivity contribution in [1.82, 2.24) is 9.88 Å². The summed E-state index contributed by atoms with van der Waals surface area (Å²) in [5.41, 5.74) is 0.625. The van der Waals surface area contributed by atoms with Crippen molar-refractivity contribution in [1.29, 1.82) is 0 Å². The van der Waals surface area contributed by atoms with Crippen LogP contribution in [-0.2, 0) is 15.8 Å². The fourth-order valence-electron chi connectivity index (χ4n) is 5.42. The normalized spacial score (nSPS) is 21.1. The van der Waals surface area contributed by atoms with Gasteiger partial charge in [-0.05, 0) is 80.0 Å². The summed E-state index contributed by atoms with van der Waals surface area (Å²) in [6.07, 6.45) is 9.73. The Morgan fingerprint density at radius 2 is 1.64 bits per heavy atom. The maximum atomic E-state index is 14.1. The van der Waals surface area contributed by atoms with Crippen molar-refractivity contribution in [2.24, 2.45) is 11.3 Å². The monoisotopic (exact) mass is 627 g/mol. The predicted octanol–water partition coefficient (Wildman–Crippen LogP) is 8.93. The van der Waals surface area contributed by atoms with E-state index in [1.165, 1.54) is 0 Å². The number of allylic oxidation sites excluding steroid dienone is 1. The molecule has 226 valence electrons. The molecule has 0 bridgehead atoms. The van der Waals surface area contributed by atoms with E-state index >= 15 is 0 Å². The predicted molar refractivity (Wildman–Crippen MR) is 178 cm³/mol. The molecule has 2 aromatic carbocycles. The summed E-state index contributed by atoms with van der Waals surface area (Å²) in [5.74, 6) is 1.23. The molecule has 1 aliphatic carbocycles. The van der Waals surface area contributed by atoms with Gasteiger partial charge in [-0.25, -0.2) is 9.19 Å². The number of hydrogen-bond acceptors (Lipinski definition) is 3. The second-order valence-electron chi connectivity index (χ2n) is 10.7. The Kier molecular flexibility index (Phi) is 13.1. The third-order valence-corrected chi connectivity index (χ3v) is 9.19. The van der Waals surface area contributed by atoms with Gasteiger partial charge < -0.3 is 4.90 Å². The van der Waals surface area contributed by atoms with Crippen LogP contribution in [0, 0.1) is 11.3 Å². The number of hydrogen-bond donors (Lipinski definition) is 0. The van der Waals surface area contributed by atoms with Gasteiger partial charge in [0, 0.05) is 22.5 Å². The molecular formula is C34H43Cl2N3O2S. The molecule has 0 N–H and O–H groups in total. The molecule has 1 saturated heterocycles. The van der Waals surface area contributed by atoms with Crippen LogP contribution in [0.5, 0.6) is 0 Å². The molecule has 0 spiro atoms. The van der Waals surface area contributed by atoms with Gasteiger partial charge in [0.25, 0.3) is 0 Å². The van der Waals surface area contributed by atoms with Gasteiger partial charge in [-0.1, -0.05) is 86.4 Å². The number of aromatic nitrogens is 1. The van der Waals surface area contributed by atoms with Crippen molar-refractivity contribution in [2.75, 3.05) is 17.1 Å². The molecule has 1 aliphatic heterocycles. The van der Waals surface area contributed by atoms with E-state index in [4.69, 9.17) is 23.2 Å². The van der Waals surface area contributed by atoms with E-state index in [1.54, 1.807) is 12.5 Å². The van der Waals surface area contributed by atoms with Crippen LogP contribution in [0.4, 0.5) is 5.82 Å². The average molecular weight is 629 g/mol. The van der Waals surface area contributed by atoms with Crippen LogP contribution >= 0.6 is 23.2 Å². The smallest absolute Gasteiger partial charge is 0.229 e. The molecule has 4 atom stereocenters. The number of likely N-dealkylation sites (tertiary alicyclic amines) is 1. The topological polar surface area (TPSA) is 53.5 Å². The van der Waals surface area contributed by atoms with Crippen molar-refractivity contribution in [2.45, 2.75) is 65.0 Å². The number of amides is 1.